The molecule has 0 radical (unpaired) electrons. The van der Waals surface area contributed by atoms with E-state index in [9.17, 15) is 0 Å². The van der Waals surface area contributed by atoms with Gasteiger partial charge < -0.3 is 0 Å². The molecule has 0 saturated carbocycles. The van der Waals surface area contributed by atoms with Gasteiger partial charge in [-0.15, -0.1) is 0 Å². The smallest absolute Gasteiger partial charge is 0.0602 e. The van der Waals surface area contributed by atoms with Crippen LogP contribution in [0.1, 0.15) is 44.1 Å². The van der Waals surface area contributed by atoms with Crippen LogP contribution in [0.5, 0.6) is 0 Å². The Bertz CT molecular complexity index is 891. The summed E-state index contributed by atoms with van der Waals surface area (Å²) in [5.41, 5.74) is 9.30. The summed E-state index contributed by atoms with van der Waals surface area (Å²) in [5.74, 6) is 0. The molecule has 1 aromatic carbocycles. The molecule has 130 valence electrons. The fraction of sp³-hybridized carbons (Fsp3) is 0.280. The minimum atomic E-state index is -0.0222. The molecule has 1 heteroatoms. The van der Waals surface area contributed by atoms with Crippen LogP contribution in [-0.4, -0.2) is 0 Å². The maximum atomic E-state index is 3.63. The van der Waals surface area contributed by atoms with Gasteiger partial charge in [0.2, 0.25) is 0 Å². The number of rotatable bonds is 2. The Morgan fingerprint density at radius 2 is 1.35 bits per heavy atom. The number of benzene rings is 1. The first kappa shape index (κ1) is 16.3. The van der Waals surface area contributed by atoms with Crippen LogP contribution in [0.25, 0.3) is 0 Å². The molecule has 0 atom stereocenters. The molecule has 0 unspecified atom stereocenters. The lowest BCUT2D eigenvalue weighted by atomic mass is 9.61. The third kappa shape index (κ3) is 2.26. The molecule has 0 bridgehead atoms. The minimum Gasteiger partial charge on any atom is -0.0842 e. The molecule has 0 amide bonds. The van der Waals surface area contributed by atoms with Crippen molar-refractivity contribution in [3.63, 3.8) is 0 Å². The van der Waals surface area contributed by atoms with Gasteiger partial charge in [0.25, 0.3) is 0 Å². The summed E-state index contributed by atoms with van der Waals surface area (Å²) in [6.07, 6.45) is 23.5. The zero-order valence-corrected chi connectivity index (χ0v) is 16.6. The molecule has 0 spiro atoms. The molecule has 0 nitrogen and oxygen atoms in total. The van der Waals surface area contributed by atoms with Crippen molar-refractivity contribution in [3.8, 4) is 0 Å². The average Bonchev–Trinajstić information content (AvgIpc) is 3.01. The van der Waals surface area contributed by atoms with Gasteiger partial charge in [0.05, 0.1) is 5.41 Å². The van der Waals surface area contributed by atoms with Gasteiger partial charge in [-0.2, -0.15) is 0 Å². The van der Waals surface area contributed by atoms with Crippen molar-refractivity contribution < 1.29 is 0 Å². The van der Waals surface area contributed by atoms with E-state index >= 15 is 0 Å². The highest BCUT2D eigenvalue weighted by Crippen LogP contribution is 2.59. The summed E-state index contributed by atoms with van der Waals surface area (Å²) in [6, 6.07) is 9.12. The largest absolute Gasteiger partial charge is 0.0842 e. The van der Waals surface area contributed by atoms with E-state index in [1.165, 1.54) is 29.6 Å². The lowest BCUT2D eigenvalue weighted by Crippen LogP contribution is -2.33. The van der Waals surface area contributed by atoms with Crippen LogP contribution >= 0.6 is 15.9 Å². The Labute approximate surface area is 164 Å². The van der Waals surface area contributed by atoms with Gasteiger partial charge in [0, 0.05) is 4.47 Å². The predicted molar refractivity (Wildman–Crippen MR) is 113 cm³/mol. The van der Waals surface area contributed by atoms with E-state index in [4.69, 9.17) is 0 Å². The van der Waals surface area contributed by atoms with Crippen LogP contribution in [0.4, 0.5) is 0 Å². The number of allylic oxidation sites excluding steroid dienone is 12. The average molecular weight is 403 g/mol. The summed E-state index contributed by atoms with van der Waals surface area (Å²) in [6.45, 7) is 0. The zero-order valence-electron chi connectivity index (χ0n) is 15.0. The molecule has 1 aromatic rings. The molecule has 4 aliphatic rings. The molecule has 5 rings (SSSR count). The van der Waals surface area contributed by atoms with E-state index in [1.54, 1.807) is 16.7 Å². The fourth-order valence-corrected chi connectivity index (χ4v) is 5.59. The van der Waals surface area contributed by atoms with Crippen molar-refractivity contribution >= 4 is 15.9 Å². The first-order valence-corrected chi connectivity index (χ1v) is 10.5. The van der Waals surface area contributed by atoms with E-state index in [0.29, 0.717) is 0 Å². The molecular weight excluding hydrogens is 380 g/mol. The van der Waals surface area contributed by atoms with E-state index in [2.05, 4.69) is 82.7 Å². The molecule has 0 N–H and O–H groups in total. The lowest BCUT2D eigenvalue weighted by molar-refractivity contribution is 0.602. The van der Waals surface area contributed by atoms with Crippen LogP contribution in [0.2, 0.25) is 0 Å². The summed E-state index contributed by atoms with van der Waals surface area (Å²) < 4.78 is 1.16. The van der Waals surface area contributed by atoms with Crippen LogP contribution in [0.15, 0.2) is 99.1 Å². The van der Waals surface area contributed by atoms with E-state index in [1.807, 2.05) is 0 Å². The minimum absolute atomic E-state index is 0.0222. The van der Waals surface area contributed by atoms with Crippen LogP contribution in [0.3, 0.4) is 0 Å². The molecule has 0 fully saturated rings. The van der Waals surface area contributed by atoms with Gasteiger partial charge in [0.15, 0.2) is 0 Å². The summed E-state index contributed by atoms with van der Waals surface area (Å²) in [4.78, 5) is 0. The highest BCUT2D eigenvalue weighted by Gasteiger charge is 2.49. The van der Waals surface area contributed by atoms with Gasteiger partial charge in [0.1, 0.15) is 0 Å². The van der Waals surface area contributed by atoms with Crippen LogP contribution in [-0.2, 0) is 5.41 Å². The second-order valence-corrected chi connectivity index (χ2v) is 8.50. The molecule has 0 heterocycles. The maximum absolute atomic E-state index is 3.63. The summed E-state index contributed by atoms with van der Waals surface area (Å²) in [5, 5.41) is 0. The zero-order chi connectivity index (χ0) is 17.6. The van der Waals surface area contributed by atoms with Crippen molar-refractivity contribution in [1.29, 1.82) is 0 Å². The quantitative estimate of drug-likeness (QED) is 0.487. The third-order valence-electron chi connectivity index (χ3n) is 6.31. The number of hydrogen-bond donors (Lipinski definition) is 0. The van der Waals surface area contributed by atoms with Gasteiger partial charge >= 0.3 is 0 Å². The van der Waals surface area contributed by atoms with Crippen molar-refractivity contribution in [2.75, 3.05) is 0 Å². The van der Waals surface area contributed by atoms with Crippen molar-refractivity contribution in [2.24, 2.45) is 0 Å². The maximum Gasteiger partial charge on any atom is 0.0602 e. The Kier molecular flexibility index (Phi) is 4.01. The Morgan fingerprint density at radius 1 is 0.731 bits per heavy atom. The highest BCUT2D eigenvalue weighted by atomic mass is 79.9. The van der Waals surface area contributed by atoms with E-state index in [0.717, 1.165) is 30.2 Å². The van der Waals surface area contributed by atoms with Crippen LogP contribution < -0.4 is 0 Å². The van der Waals surface area contributed by atoms with E-state index < -0.39 is 0 Å². The molecular formula is C25H23Br. The van der Waals surface area contributed by atoms with Crippen LogP contribution in [0, 0.1) is 0 Å². The van der Waals surface area contributed by atoms with Crippen molar-refractivity contribution in [3.05, 3.63) is 105 Å². The summed E-state index contributed by atoms with van der Waals surface area (Å²) >= 11 is 3.63. The molecule has 0 aliphatic heterocycles. The Morgan fingerprint density at radius 3 is 1.92 bits per heavy atom. The SMILES string of the molecule is Brc1ccc(C2(C3=CC=CCC3)C3=C(C=CCC3)C3=C2CCC=C3)cc1. The first-order chi connectivity index (χ1) is 12.8. The number of halogens is 1. The lowest BCUT2D eigenvalue weighted by Gasteiger charge is -2.41. The van der Waals surface area contributed by atoms with Gasteiger partial charge in [-0.3, -0.25) is 0 Å². The third-order valence-corrected chi connectivity index (χ3v) is 6.84. The van der Waals surface area contributed by atoms with E-state index in [-0.39, 0.29) is 5.41 Å². The van der Waals surface area contributed by atoms with Gasteiger partial charge in [-0.1, -0.05) is 76.2 Å². The number of fused-ring (bicyclic) bond motifs is 1. The second-order valence-electron chi connectivity index (χ2n) is 7.58. The first-order valence-electron chi connectivity index (χ1n) is 9.75. The predicted octanol–water partition coefficient (Wildman–Crippen LogP) is 7.27. The fourth-order valence-electron chi connectivity index (χ4n) is 5.33. The molecule has 26 heavy (non-hydrogen) atoms. The van der Waals surface area contributed by atoms with Crippen molar-refractivity contribution in [1.82, 2.24) is 0 Å². The number of hydrogen-bond acceptors (Lipinski definition) is 0. The normalized spacial score (nSPS) is 23.2. The topological polar surface area (TPSA) is 0 Å². The standard InChI is InChI=1S/C25H23Br/c26-20-16-14-19(15-17-20)25(18-8-2-1-3-9-18)23-12-6-4-10-21(23)22-11-5-7-13-24(22)25/h1-2,4-5,8,10-11,14-17H,3,6-7,9,12-13H2. The Balaban J connectivity index is 1.85. The monoisotopic (exact) mass is 402 g/mol. The van der Waals surface area contributed by atoms with Gasteiger partial charge in [-0.25, -0.2) is 0 Å². The molecule has 0 aromatic heterocycles. The van der Waals surface area contributed by atoms with Gasteiger partial charge in [-0.05, 0) is 78.5 Å². The van der Waals surface area contributed by atoms with Crippen molar-refractivity contribution in [2.45, 2.75) is 43.9 Å². The second kappa shape index (κ2) is 6.39. The Hall–Kier alpha value is -1.86. The molecule has 4 aliphatic carbocycles. The summed E-state index contributed by atoms with van der Waals surface area (Å²) in [7, 11) is 0. The highest BCUT2D eigenvalue weighted by molar-refractivity contribution is 9.10. The molecule has 0 saturated heterocycles.